The molecule has 0 heterocycles. The van der Waals surface area contributed by atoms with Crippen molar-refractivity contribution in [3.8, 4) is 17.2 Å². The molecule has 0 fully saturated rings. The highest BCUT2D eigenvalue weighted by molar-refractivity contribution is 5.78. The fraction of sp³-hybridized carbons (Fsp3) is 0.278. The first-order chi connectivity index (χ1) is 11.6. The van der Waals surface area contributed by atoms with E-state index in [9.17, 15) is 9.18 Å². The summed E-state index contributed by atoms with van der Waals surface area (Å²) in [5, 5.41) is 2.79. The summed E-state index contributed by atoms with van der Waals surface area (Å²) < 4.78 is 28.9. The van der Waals surface area contributed by atoms with Crippen molar-refractivity contribution in [3.63, 3.8) is 0 Å². The molecule has 128 valence electrons. The lowest BCUT2D eigenvalue weighted by molar-refractivity contribution is -0.120. The highest BCUT2D eigenvalue weighted by Gasteiger charge is 2.13. The van der Waals surface area contributed by atoms with Crippen LogP contribution in [0.25, 0.3) is 0 Å². The van der Waals surface area contributed by atoms with Crippen LogP contribution >= 0.6 is 0 Å². The van der Waals surface area contributed by atoms with Crippen LogP contribution in [0.1, 0.15) is 11.1 Å². The Bertz CT molecular complexity index is 718. The highest BCUT2D eigenvalue weighted by atomic mass is 19.1. The first-order valence-electron chi connectivity index (χ1n) is 7.37. The van der Waals surface area contributed by atoms with Crippen molar-refractivity contribution in [1.29, 1.82) is 0 Å². The molecule has 6 heteroatoms. The Kier molecular flexibility index (Phi) is 6.01. The van der Waals surface area contributed by atoms with Gasteiger partial charge in [0.2, 0.25) is 5.91 Å². The van der Waals surface area contributed by atoms with Gasteiger partial charge in [-0.2, -0.15) is 0 Å². The lowest BCUT2D eigenvalue weighted by Crippen LogP contribution is -2.24. The molecule has 2 aromatic rings. The van der Waals surface area contributed by atoms with Crippen molar-refractivity contribution in [2.75, 3.05) is 21.3 Å². The first kappa shape index (κ1) is 17.6. The normalized spacial score (nSPS) is 10.2. The van der Waals surface area contributed by atoms with Gasteiger partial charge in [0, 0.05) is 18.2 Å². The van der Waals surface area contributed by atoms with Gasteiger partial charge in [-0.3, -0.25) is 4.79 Å². The second-order valence-electron chi connectivity index (χ2n) is 5.10. The van der Waals surface area contributed by atoms with Crippen molar-refractivity contribution >= 4 is 5.91 Å². The maximum Gasteiger partial charge on any atom is 0.224 e. The van der Waals surface area contributed by atoms with E-state index in [0.29, 0.717) is 22.8 Å². The van der Waals surface area contributed by atoms with E-state index < -0.39 is 0 Å². The number of nitrogens with one attached hydrogen (secondary N) is 1. The van der Waals surface area contributed by atoms with Gasteiger partial charge in [0.05, 0.1) is 27.8 Å². The van der Waals surface area contributed by atoms with Gasteiger partial charge < -0.3 is 19.5 Å². The van der Waals surface area contributed by atoms with E-state index in [4.69, 9.17) is 14.2 Å². The maximum atomic E-state index is 13.1. The van der Waals surface area contributed by atoms with Crippen LogP contribution in [-0.4, -0.2) is 27.2 Å². The molecule has 0 atom stereocenters. The largest absolute Gasteiger partial charge is 0.496 e. The topological polar surface area (TPSA) is 56.8 Å². The van der Waals surface area contributed by atoms with E-state index in [2.05, 4.69) is 5.32 Å². The summed E-state index contributed by atoms with van der Waals surface area (Å²) in [4.78, 5) is 12.0. The first-order valence-corrected chi connectivity index (χ1v) is 7.37. The summed E-state index contributed by atoms with van der Waals surface area (Å²) in [6, 6.07) is 9.43. The van der Waals surface area contributed by atoms with Crippen LogP contribution in [0, 0.1) is 5.82 Å². The van der Waals surface area contributed by atoms with Crippen LogP contribution in [0.4, 0.5) is 4.39 Å². The molecular formula is C18H20FNO4. The quantitative estimate of drug-likeness (QED) is 0.846. The molecule has 0 saturated carbocycles. The molecule has 0 spiro atoms. The zero-order valence-corrected chi connectivity index (χ0v) is 13.9. The fourth-order valence-corrected chi connectivity index (χ4v) is 2.32. The molecule has 1 N–H and O–H groups in total. The molecule has 2 aromatic carbocycles. The Labute approximate surface area is 140 Å². The van der Waals surface area contributed by atoms with Crippen LogP contribution in [0.2, 0.25) is 0 Å². The second-order valence-corrected chi connectivity index (χ2v) is 5.10. The van der Waals surface area contributed by atoms with Crippen molar-refractivity contribution in [1.82, 2.24) is 5.32 Å². The van der Waals surface area contributed by atoms with Gasteiger partial charge in [-0.25, -0.2) is 4.39 Å². The van der Waals surface area contributed by atoms with E-state index in [1.807, 2.05) is 0 Å². The number of hydrogen-bond acceptors (Lipinski definition) is 4. The molecule has 0 unspecified atom stereocenters. The summed E-state index contributed by atoms with van der Waals surface area (Å²) in [6.45, 7) is 0.262. The SMILES string of the molecule is COc1cc(OC)c(OC)cc1CNC(=O)Cc1cccc(F)c1. The van der Waals surface area contributed by atoms with E-state index >= 15 is 0 Å². The number of amides is 1. The van der Waals surface area contributed by atoms with Crippen LogP contribution in [0.3, 0.4) is 0 Å². The third kappa shape index (κ3) is 4.38. The predicted molar refractivity (Wildman–Crippen MR) is 88.0 cm³/mol. The number of hydrogen-bond donors (Lipinski definition) is 1. The number of carbonyl (C=O) groups excluding carboxylic acids is 1. The van der Waals surface area contributed by atoms with Gasteiger partial charge in [0.15, 0.2) is 11.5 Å². The van der Waals surface area contributed by atoms with Crippen molar-refractivity contribution in [2.24, 2.45) is 0 Å². The number of halogens is 1. The molecule has 1 amide bonds. The Balaban J connectivity index is 2.06. The van der Waals surface area contributed by atoms with Crippen LogP contribution < -0.4 is 19.5 Å². The van der Waals surface area contributed by atoms with E-state index in [-0.39, 0.29) is 24.7 Å². The number of carbonyl (C=O) groups is 1. The molecule has 24 heavy (non-hydrogen) atoms. The number of ether oxygens (including phenoxy) is 3. The molecule has 0 radical (unpaired) electrons. The fourth-order valence-electron chi connectivity index (χ4n) is 2.32. The molecule has 2 rings (SSSR count). The minimum atomic E-state index is -0.359. The lowest BCUT2D eigenvalue weighted by atomic mass is 10.1. The monoisotopic (exact) mass is 333 g/mol. The predicted octanol–water partition coefficient (Wildman–Crippen LogP) is 2.71. The molecule has 0 saturated heterocycles. The molecule has 5 nitrogen and oxygen atoms in total. The van der Waals surface area contributed by atoms with Gasteiger partial charge in [-0.1, -0.05) is 12.1 Å². The zero-order valence-electron chi connectivity index (χ0n) is 13.9. The lowest BCUT2D eigenvalue weighted by Gasteiger charge is -2.14. The third-order valence-corrected chi connectivity index (χ3v) is 3.52. The van der Waals surface area contributed by atoms with Crippen molar-refractivity contribution < 1.29 is 23.4 Å². The minimum Gasteiger partial charge on any atom is -0.496 e. The van der Waals surface area contributed by atoms with Gasteiger partial charge in [0.25, 0.3) is 0 Å². The second kappa shape index (κ2) is 8.19. The van der Waals surface area contributed by atoms with Crippen molar-refractivity contribution in [3.05, 3.63) is 53.3 Å². The van der Waals surface area contributed by atoms with E-state index in [0.717, 1.165) is 5.56 Å². The van der Waals surface area contributed by atoms with Crippen LogP contribution in [0.5, 0.6) is 17.2 Å². The van der Waals surface area contributed by atoms with Crippen LogP contribution in [-0.2, 0) is 17.8 Å². The highest BCUT2D eigenvalue weighted by Crippen LogP contribution is 2.34. The van der Waals surface area contributed by atoms with E-state index in [1.165, 1.54) is 26.4 Å². The van der Waals surface area contributed by atoms with Gasteiger partial charge >= 0.3 is 0 Å². The Morgan fingerprint density at radius 3 is 2.29 bits per heavy atom. The average Bonchev–Trinajstić information content (AvgIpc) is 2.59. The number of methoxy groups -OCH3 is 3. The molecule has 0 aliphatic rings. The molecule has 0 aliphatic heterocycles. The zero-order chi connectivity index (χ0) is 17.5. The summed E-state index contributed by atoms with van der Waals surface area (Å²) in [5.74, 6) is 1.11. The Morgan fingerprint density at radius 2 is 1.67 bits per heavy atom. The third-order valence-electron chi connectivity index (χ3n) is 3.52. The molecular weight excluding hydrogens is 313 g/mol. The number of benzene rings is 2. The Morgan fingerprint density at radius 1 is 1.00 bits per heavy atom. The van der Waals surface area contributed by atoms with Gasteiger partial charge in [-0.15, -0.1) is 0 Å². The maximum absolute atomic E-state index is 13.1. The van der Waals surface area contributed by atoms with E-state index in [1.54, 1.807) is 31.4 Å². The average molecular weight is 333 g/mol. The van der Waals surface area contributed by atoms with Crippen molar-refractivity contribution in [2.45, 2.75) is 13.0 Å². The summed E-state index contributed by atoms with van der Waals surface area (Å²) in [7, 11) is 4.62. The Hall–Kier alpha value is -2.76. The smallest absolute Gasteiger partial charge is 0.224 e. The summed E-state index contributed by atoms with van der Waals surface area (Å²) >= 11 is 0. The van der Waals surface area contributed by atoms with Crippen LogP contribution in [0.15, 0.2) is 36.4 Å². The summed E-state index contributed by atoms with van der Waals surface area (Å²) in [6.07, 6.45) is 0.105. The molecule has 0 bridgehead atoms. The van der Waals surface area contributed by atoms with Gasteiger partial charge in [0.1, 0.15) is 11.6 Å². The standard InChI is InChI=1S/C18H20FNO4/c1-22-15-10-17(24-3)16(23-2)9-13(15)11-20-18(21)8-12-5-4-6-14(19)7-12/h4-7,9-10H,8,11H2,1-3H3,(H,20,21). The molecule has 0 aliphatic carbocycles. The molecule has 0 aromatic heterocycles. The minimum absolute atomic E-state index is 0.105. The number of rotatable bonds is 7. The summed E-state index contributed by atoms with van der Waals surface area (Å²) in [5.41, 5.74) is 1.37. The van der Waals surface area contributed by atoms with Gasteiger partial charge in [-0.05, 0) is 23.8 Å².